The molecule has 4 nitrogen and oxygen atoms in total. The van der Waals surface area contributed by atoms with Crippen LogP contribution >= 0.6 is 0 Å². The highest BCUT2D eigenvalue weighted by Crippen LogP contribution is 2.28. The molecule has 0 aromatic carbocycles. The maximum Gasteiger partial charge on any atom is 0.125 e. The molecule has 2 rings (SSSR count). The first-order valence-corrected chi connectivity index (χ1v) is 6.23. The van der Waals surface area contributed by atoms with Crippen LogP contribution in [0, 0.1) is 12.8 Å². The second-order valence-electron chi connectivity index (χ2n) is 5.12. The van der Waals surface area contributed by atoms with E-state index in [1.807, 2.05) is 32.3 Å². The zero-order valence-electron chi connectivity index (χ0n) is 11.4. The van der Waals surface area contributed by atoms with E-state index < -0.39 is 0 Å². The number of nitrogens with two attached hydrogens (primary N) is 1. The number of aromatic nitrogens is 3. The molecule has 2 aromatic heterocycles. The van der Waals surface area contributed by atoms with Gasteiger partial charge in [0.05, 0.1) is 5.69 Å². The van der Waals surface area contributed by atoms with E-state index in [1.54, 1.807) is 4.68 Å². The molecule has 2 heterocycles. The number of aryl methyl sites for hydroxylation is 2. The lowest BCUT2D eigenvalue weighted by atomic mass is 9.99. The van der Waals surface area contributed by atoms with Crippen LogP contribution in [-0.4, -0.2) is 14.8 Å². The molecule has 0 radical (unpaired) electrons. The van der Waals surface area contributed by atoms with E-state index in [0.29, 0.717) is 5.92 Å². The van der Waals surface area contributed by atoms with Crippen LogP contribution in [0.1, 0.15) is 25.1 Å². The fourth-order valence-corrected chi connectivity index (χ4v) is 2.12. The second-order valence-corrected chi connectivity index (χ2v) is 5.12. The molecule has 96 valence electrons. The van der Waals surface area contributed by atoms with Crippen LogP contribution in [0.5, 0.6) is 0 Å². The average Bonchev–Trinajstić information content (AvgIpc) is 2.57. The van der Waals surface area contributed by atoms with Crippen LogP contribution in [0.4, 0.5) is 5.82 Å². The Hall–Kier alpha value is -1.84. The Labute approximate surface area is 108 Å². The number of hydrogen-bond acceptors (Lipinski definition) is 3. The van der Waals surface area contributed by atoms with Gasteiger partial charge in [-0.1, -0.05) is 13.8 Å². The molecule has 2 aromatic rings. The van der Waals surface area contributed by atoms with Crippen LogP contribution in [0.2, 0.25) is 0 Å². The van der Waals surface area contributed by atoms with Gasteiger partial charge in [0, 0.05) is 30.1 Å². The minimum Gasteiger partial charge on any atom is -0.384 e. The third kappa shape index (κ3) is 2.37. The molecule has 0 amide bonds. The van der Waals surface area contributed by atoms with E-state index in [4.69, 9.17) is 5.73 Å². The smallest absolute Gasteiger partial charge is 0.125 e. The standard InChI is InChI=1S/C14H20N4/c1-9(2)7-12-13(17-18(4)14(12)15)11-5-6-16-10(3)8-11/h5-6,8-9H,7,15H2,1-4H3. The molecule has 0 saturated heterocycles. The van der Waals surface area contributed by atoms with E-state index in [1.165, 1.54) is 0 Å². The number of anilines is 1. The predicted molar refractivity (Wildman–Crippen MR) is 74.1 cm³/mol. The van der Waals surface area contributed by atoms with Crippen LogP contribution in [0.3, 0.4) is 0 Å². The van der Waals surface area contributed by atoms with Crippen LogP contribution in [0.25, 0.3) is 11.3 Å². The molecule has 0 spiro atoms. The van der Waals surface area contributed by atoms with Crippen LogP contribution in [-0.2, 0) is 13.5 Å². The monoisotopic (exact) mass is 244 g/mol. The summed E-state index contributed by atoms with van der Waals surface area (Å²) < 4.78 is 1.75. The van der Waals surface area contributed by atoms with Gasteiger partial charge in [0.15, 0.2) is 0 Å². The molecule has 18 heavy (non-hydrogen) atoms. The Balaban J connectivity index is 2.53. The first kappa shape index (κ1) is 12.6. The fraction of sp³-hybridized carbons (Fsp3) is 0.429. The lowest BCUT2D eigenvalue weighted by Crippen LogP contribution is -2.02. The van der Waals surface area contributed by atoms with Crippen molar-refractivity contribution in [2.75, 3.05) is 5.73 Å². The first-order chi connectivity index (χ1) is 8.49. The van der Waals surface area contributed by atoms with Gasteiger partial charge in [0.2, 0.25) is 0 Å². The summed E-state index contributed by atoms with van der Waals surface area (Å²) in [7, 11) is 1.89. The predicted octanol–water partition coefficient (Wildman–Crippen LogP) is 2.57. The van der Waals surface area contributed by atoms with Gasteiger partial charge in [-0.05, 0) is 31.4 Å². The molecule has 0 saturated carbocycles. The van der Waals surface area contributed by atoms with Gasteiger partial charge in [0.1, 0.15) is 5.82 Å². The largest absolute Gasteiger partial charge is 0.384 e. The quantitative estimate of drug-likeness (QED) is 0.902. The Morgan fingerprint density at radius 3 is 2.72 bits per heavy atom. The van der Waals surface area contributed by atoms with Crippen molar-refractivity contribution in [3.8, 4) is 11.3 Å². The van der Waals surface area contributed by atoms with Gasteiger partial charge >= 0.3 is 0 Å². The van der Waals surface area contributed by atoms with Crippen molar-refractivity contribution in [1.29, 1.82) is 0 Å². The minimum atomic E-state index is 0.554. The third-order valence-corrected chi connectivity index (χ3v) is 2.98. The lowest BCUT2D eigenvalue weighted by Gasteiger charge is -2.07. The van der Waals surface area contributed by atoms with E-state index >= 15 is 0 Å². The van der Waals surface area contributed by atoms with Crippen LogP contribution in [0.15, 0.2) is 18.3 Å². The number of nitrogen functional groups attached to an aromatic ring is 1. The van der Waals surface area contributed by atoms with Gasteiger partial charge in [-0.25, -0.2) is 0 Å². The SMILES string of the molecule is Cc1cc(-c2nn(C)c(N)c2CC(C)C)ccn1. The topological polar surface area (TPSA) is 56.7 Å². The van der Waals surface area contributed by atoms with Gasteiger partial charge < -0.3 is 5.73 Å². The summed E-state index contributed by atoms with van der Waals surface area (Å²) in [5.74, 6) is 1.31. The van der Waals surface area contributed by atoms with Gasteiger partial charge in [0.25, 0.3) is 0 Å². The molecule has 0 unspecified atom stereocenters. The zero-order chi connectivity index (χ0) is 13.3. The van der Waals surface area contributed by atoms with E-state index in [9.17, 15) is 0 Å². The molecule has 2 N–H and O–H groups in total. The lowest BCUT2D eigenvalue weighted by molar-refractivity contribution is 0.648. The molecule has 4 heteroatoms. The highest BCUT2D eigenvalue weighted by atomic mass is 15.3. The molecule has 0 atom stereocenters. The van der Waals surface area contributed by atoms with Crippen molar-refractivity contribution in [3.63, 3.8) is 0 Å². The highest BCUT2D eigenvalue weighted by molar-refractivity contribution is 5.68. The molecular weight excluding hydrogens is 224 g/mol. The van der Waals surface area contributed by atoms with Gasteiger partial charge in [-0.2, -0.15) is 5.10 Å². The first-order valence-electron chi connectivity index (χ1n) is 6.23. The molecule has 0 aliphatic carbocycles. The molecule has 0 bridgehead atoms. The summed E-state index contributed by atoms with van der Waals surface area (Å²) >= 11 is 0. The number of hydrogen-bond donors (Lipinski definition) is 1. The maximum absolute atomic E-state index is 6.11. The van der Waals surface area contributed by atoms with E-state index in [-0.39, 0.29) is 0 Å². The normalized spacial score (nSPS) is 11.2. The Morgan fingerprint density at radius 1 is 1.39 bits per heavy atom. The Kier molecular flexibility index (Phi) is 3.36. The maximum atomic E-state index is 6.11. The summed E-state index contributed by atoms with van der Waals surface area (Å²) in [6.45, 7) is 6.36. The van der Waals surface area contributed by atoms with Crippen molar-refractivity contribution in [3.05, 3.63) is 29.6 Å². The van der Waals surface area contributed by atoms with Gasteiger partial charge in [-0.3, -0.25) is 9.67 Å². The van der Waals surface area contributed by atoms with Crippen molar-refractivity contribution < 1.29 is 0 Å². The van der Waals surface area contributed by atoms with Crippen molar-refractivity contribution in [2.24, 2.45) is 13.0 Å². The van der Waals surface area contributed by atoms with Crippen molar-refractivity contribution in [1.82, 2.24) is 14.8 Å². The third-order valence-electron chi connectivity index (χ3n) is 2.98. The summed E-state index contributed by atoms with van der Waals surface area (Å²) in [6.07, 6.45) is 2.76. The highest BCUT2D eigenvalue weighted by Gasteiger charge is 2.16. The number of pyridine rings is 1. The van der Waals surface area contributed by atoms with E-state index in [0.717, 1.165) is 34.8 Å². The summed E-state index contributed by atoms with van der Waals surface area (Å²) in [5, 5.41) is 4.54. The molecule has 0 fully saturated rings. The van der Waals surface area contributed by atoms with Crippen molar-refractivity contribution >= 4 is 5.82 Å². The number of rotatable bonds is 3. The molecular formula is C14H20N4. The Bertz CT molecular complexity index is 555. The van der Waals surface area contributed by atoms with Gasteiger partial charge in [-0.15, -0.1) is 0 Å². The Morgan fingerprint density at radius 2 is 2.11 bits per heavy atom. The summed E-state index contributed by atoms with van der Waals surface area (Å²) in [4.78, 5) is 4.22. The summed E-state index contributed by atoms with van der Waals surface area (Å²) in [5.41, 5.74) is 10.3. The zero-order valence-corrected chi connectivity index (χ0v) is 11.4. The second kappa shape index (κ2) is 4.80. The van der Waals surface area contributed by atoms with E-state index in [2.05, 4.69) is 23.9 Å². The van der Waals surface area contributed by atoms with Crippen molar-refractivity contribution in [2.45, 2.75) is 27.2 Å². The molecule has 0 aliphatic rings. The van der Waals surface area contributed by atoms with Crippen LogP contribution < -0.4 is 5.73 Å². The minimum absolute atomic E-state index is 0.554. The molecule has 0 aliphatic heterocycles. The fourth-order valence-electron chi connectivity index (χ4n) is 2.12. The number of nitrogens with zero attached hydrogens (tertiary/aromatic N) is 3. The summed E-state index contributed by atoms with van der Waals surface area (Å²) in [6, 6.07) is 4.03. The average molecular weight is 244 g/mol.